The Labute approximate surface area is 94.0 Å². The van der Waals surface area contributed by atoms with Gasteiger partial charge in [-0.25, -0.2) is 4.98 Å². The van der Waals surface area contributed by atoms with Crippen molar-refractivity contribution in [1.29, 1.82) is 0 Å². The lowest BCUT2D eigenvalue weighted by atomic mass is 10.2. The fourth-order valence-corrected chi connectivity index (χ4v) is 1.17. The van der Waals surface area contributed by atoms with E-state index >= 15 is 0 Å². The predicted molar refractivity (Wildman–Crippen MR) is 60.9 cm³/mol. The molecule has 0 atom stereocenters. The minimum Gasteiger partial charge on any atom is -0.382 e. The van der Waals surface area contributed by atoms with E-state index in [2.05, 4.69) is 4.98 Å². The Morgan fingerprint density at radius 2 is 2.20 bits per heavy atom. The molecule has 5 heteroatoms. The van der Waals surface area contributed by atoms with Gasteiger partial charge < -0.3 is 10.6 Å². The average molecular weight is 228 g/mol. The molecule has 0 radical (unpaired) electrons. The van der Waals surface area contributed by atoms with Crippen LogP contribution in [0.3, 0.4) is 0 Å². The van der Waals surface area contributed by atoms with Crippen molar-refractivity contribution < 1.29 is 4.79 Å². The Bertz CT molecular complexity index is 379. The second-order valence-corrected chi connectivity index (χ2v) is 4.01. The van der Waals surface area contributed by atoms with Gasteiger partial charge in [0.05, 0.1) is 10.6 Å². The van der Waals surface area contributed by atoms with Gasteiger partial charge in [0.15, 0.2) is 0 Å². The summed E-state index contributed by atoms with van der Waals surface area (Å²) in [5.74, 6) is 0.125. The molecule has 4 nitrogen and oxygen atoms in total. The first-order valence-corrected chi connectivity index (χ1v) is 4.99. The van der Waals surface area contributed by atoms with Crippen LogP contribution in [0.15, 0.2) is 12.3 Å². The predicted octanol–water partition coefficient (Wildman–Crippen LogP) is 1.80. The van der Waals surface area contributed by atoms with E-state index in [0.717, 1.165) is 0 Å². The van der Waals surface area contributed by atoms with Crippen molar-refractivity contribution in [2.45, 2.75) is 19.9 Å². The molecule has 1 heterocycles. The Hall–Kier alpha value is -1.29. The van der Waals surface area contributed by atoms with Gasteiger partial charge in [0, 0.05) is 19.3 Å². The van der Waals surface area contributed by atoms with E-state index in [4.69, 9.17) is 17.3 Å². The summed E-state index contributed by atoms with van der Waals surface area (Å²) in [6.45, 7) is 3.87. The van der Waals surface area contributed by atoms with Crippen LogP contribution < -0.4 is 5.73 Å². The number of hydrogen-bond acceptors (Lipinski definition) is 3. The number of hydrogen-bond donors (Lipinski definition) is 1. The van der Waals surface area contributed by atoms with Crippen molar-refractivity contribution in [2.75, 3.05) is 12.8 Å². The summed E-state index contributed by atoms with van der Waals surface area (Å²) < 4.78 is 0. The molecule has 15 heavy (non-hydrogen) atoms. The van der Waals surface area contributed by atoms with Crippen molar-refractivity contribution >= 4 is 23.3 Å². The molecule has 0 aliphatic heterocycles. The van der Waals surface area contributed by atoms with Gasteiger partial charge in [0.25, 0.3) is 5.91 Å². The Balaban J connectivity index is 2.97. The summed E-state index contributed by atoms with van der Waals surface area (Å²) in [6, 6.07) is 1.67. The molecule has 1 amide bonds. The molecule has 1 rings (SSSR count). The van der Waals surface area contributed by atoms with Gasteiger partial charge in [0.1, 0.15) is 5.82 Å². The maximum absolute atomic E-state index is 11.8. The van der Waals surface area contributed by atoms with Gasteiger partial charge in [-0.05, 0) is 19.9 Å². The number of nitrogen functional groups attached to an aromatic ring is 1. The summed E-state index contributed by atoms with van der Waals surface area (Å²) in [5, 5.41) is 0.304. The van der Waals surface area contributed by atoms with Crippen LogP contribution in [0.5, 0.6) is 0 Å². The minimum absolute atomic E-state index is 0.112. The zero-order valence-electron chi connectivity index (χ0n) is 8.99. The third-order valence-electron chi connectivity index (χ3n) is 2.21. The quantitative estimate of drug-likeness (QED) is 0.838. The van der Waals surface area contributed by atoms with Crippen molar-refractivity contribution in [1.82, 2.24) is 9.88 Å². The Morgan fingerprint density at radius 3 is 2.67 bits per heavy atom. The zero-order valence-corrected chi connectivity index (χ0v) is 9.75. The number of amides is 1. The Kier molecular flexibility index (Phi) is 3.52. The molecule has 0 spiro atoms. The van der Waals surface area contributed by atoms with Gasteiger partial charge in [-0.15, -0.1) is 0 Å². The topological polar surface area (TPSA) is 59.2 Å². The van der Waals surface area contributed by atoms with Crippen LogP contribution in [-0.4, -0.2) is 28.9 Å². The van der Waals surface area contributed by atoms with Crippen LogP contribution in [0.4, 0.5) is 5.82 Å². The van der Waals surface area contributed by atoms with Crippen LogP contribution >= 0.6 is 11.6 Å². The number of carbonyl (C=O) groups excluding carboxylic acids is 1. The molecule has 0 aliphatic carbocycles. The number of nitrogens with zero attached hydrogens (tertiary/aromatic N) is 2. The number of nitrogens with two attached hydrogens (primary N) is 1. The van der Waals surface area contributed by atoms with Gasteiger partial charge in [-0.2, -0.15) is 0 Å². The number of pyridine rings is 1. The number of anilines is 1. The van der Waals surface area contributed by atoms with E-state index in [1.54, 1.807) is 11.9 Å². The van der Waals surface area contributed by atoms with Crippen molar-refractivity contribution in [3.63, 3.8) is 0 Å². The van der Waals surface area contributed by atoms with Crippen molar-refractivity contribution in [3.8, 4) is 0 Å². The second-order valence-electron chi connectivity index (χ2n) is 3.60. The van der Waals surface area contributed by atoms with Crippen molar-refractivity contribution in [3.05, 3.63) is 22.8 Å². The molecule has 0 unspecified atom stereocenters. The fourth-order valence-electron chi connectivity index (χ4n) is 1.00. The maximum Gasteiger partial charge on any atom is 0.255 e. The zero-order chi connectivity index (χ0) is 11.6. The van der Waals surface area contributed by atoms with E-state index < -0.39 is 0 Å². The molecule has 1 aromatic heterocycles. The SMILES string of the molecule is CC(C)N(C)C(=O)c1cnc(N)c(Cl)c1. The average Bonchev–Trinajstić information content (AvgIpc) is 2.19. The van der Waals surface area contributed by atoms with Crippen LogP contribution in [0.1, 0.15) is 24.2 Å². The van der Waals surface area contributed by atoms with E-state index in [-0.39, 0.29) is 17.8 Å². The highest BCUT2D eigenvalue weighted by atomic mass is 35.5. The van der Waals surface area contributed by atoms with Crippen LogP contribution in [0.25, 0.3) is 0 Å². The third-order valence-corrected chi connectivity index (χ3v) is 2.51. The van der Waals surface area contributed by atoms with Gasteiger partial charge in [0.2, 0.25) is 0 Å². The van der Waals surface area contributed by atoms with Gasteiger partial charge in [-0.3, -0.25) is 4.79 Å². The summed E-state index contributed by atoms with van der Waals surface area (Å²) in [5.41, 5.74) is 5.91. The molecule has 0 aliphatic rings. The molecule has 0 aromatic carbocycles. The first kappa shape index (κ1) is 11.8. The van der Waals surface area contributed by atoms with E-state index in [9.17, 15) is 4.79 Å². The van der Waals surface area contributed by atoms with E-state index in [1.807, 2.05) is 13.8 Å². The third kappa shape index (κ3) is 2.59. The molecular weight excluding hydrogens is 214 g/mol. The highest BCUT2D eigenvalue weighted by Crippen LogP contribution is 2.17. The number of carbonyl (C=O) groups is 1. The molecule has 1 aromatic rings. The number of aromatic nitrogens is 1. The summed E-state index contributed by atoms with van der Waals surface area (Å²) in [4.78, 5) is 17.3. The van der Waals surface area contributed by atoms with Gasteiger partial charge in [-0.1, -0.05) is 11.6 Å². The normalized spacial score (nSPS) is 10.5. The molecule has 0 fully saturated rings. The number of halogens is 1. The summed E-state index contributed by atoms with van der Waals surface area (Å²) in [7, 11) is 1.73. The molecule has 0 saturated carbocycles. The van der Waals surface area contributed by atoms with Crippen LogP contribution in [0, 0.1) is 0 Å². The standard InChI is InChI=1S/C10H14ClN3O/c1-6(2)14(3)10(15)7-4-8(11)9(12)13-5-7/h4-6H,1-3H3,(H2,12,13). The number of rotatable bonds is 2. The largest absolute Gasteiger partial charge is 0.382 e. The van der Waals surface area contributed by atoms with Crippen molar-refractivity contribution in [2.24, 2.45) is 0 Å². The monoisotopic (exact) mass is 227 g/mol. The van der Waals surface area contributed by atoms with E-state index in [1.165, 1.54) is 12.3 Å². The Morgan fingerprint density at radius 1 is 1.60 bits per heavy atom. The molecule has 0 bridgehead atoms. The smallest absolute Gasteiger partial charge is 0.255 e. The highest BCUT2D eigenvalue weighted by molar-refractivity contribution is 6.33. The maximum atomic E-state index is 11.8. The van der Waals surface area contributed by atoms with Gasteiger partial charge >= 0.3 is 0 Å². The summed E-state index contributed by atoms with van der Waals surface area (Å²) in [6.07, 6.45) is 1.43. The molecule has 2 N–H and O–H groups in total. The molecular formula is C10H14ClN3O. The van der Waals surface area contributed by atoms with Crippen LogP contribution in [0.2, 0.25) is 5.02 Å². The second kappa shape index (κ2) is 4.49. The van der Waals surface area contributed by atoms with Crippen LogP contribution in [-0.2, 0) is 0 Å². The lowest BCUT2D eigenvalue weighted by Gasteiger charge is -2.21. The summed E-state index contributed by atoms with van der Waals surface area (Å²) >= 11 is 5.78. The fraction of sp³-hybridized carbons (Fsp3) is 0.400. The minimum atomic E-state index is -0.112. The first-order valence-electron chi connectivity index (χ1n) is 4.61. The molecule has 82 valence electrons. The molecule has 0 saturated heterocycles. The van der Waals surface area contributed by atoms with E-state index in [0.29, 0.717) is 10.6 Å². The highest BCUT2D eigenvalue weighted by Gasteiger charge is 2.15. The lowest BCUT2D eigenvalue weighted by Crippen LogP contribution is -2.33. The first-order chi connectivity index (χ1) is 6.93. The lowest BCUT2D eigenvalue weighted by molar-refractivity contribution is 0.0754.